The van der Waals surface area contributed by atoms with Gasteiger partial charge in [0.25, 0.3) is 0 Å². The lowest BCUT2D eigenvalue weighted by Gasteiger charge is -1.99. The van der Waals surface area contributed by atoms with Gasteiger partial charge in [-0.1, -0.05) is 6.92 Å². The normalized spacial score (nSPS) is 10.5. The average molecular weight is 219 g/mol. The fourth-order valence-corrected chi connectivity index (χ4v) is 2.27. The van der Waals surface area contributed by atoms with Crippen molar-refractivity contribution in [2.45, 2.75) is 20.3 Å². The van der Waals surface area contributed by atoms with Crippen molar-refractivity contribution in [2.24, 2.45) is 0 Å². The Hall–Kier alpha value is -1.42. The van der Waals surface area contributed by atoms with Crippen molar-refractivity contribution in [1.29, 1.82) is 0 Å². The van der Waals surface area contributed by atoms with Crippen molar-refractivity contribution in [2.75, 3.05) is 5.73 Å². The van der Waals surface area contributed by atoms with Crippen LogP contribution < -0.4 is 5.73 Å². The molecule has 15 heavy (non-hydrogen) atoms. The number of anilines is 1. The number of thiophene rings is 1. The van der Waals surface area contributed by atoms with Crippen LogP contribution in [0.1, 0.15) is 17.5 Å². The molecule has 0 amide bonds. The van der Waals surface area contributed by atoms with E-state index in [1.165, 1.54) is 4.88 Å². The van der Waals surface area contributed by atoms with E-state index >= 15 is 0 Å². The van der Waals surface area contributed by atoms with Gasteiger partial charge in [0.2, 0.25) is 0 Å². The molecule has 0 saturated heterocycles. The van der Waals surface area contributed by atoms with Gasteiger partial charge in [0, 0.05) is 16.6 Å². The molecule has 0 atom stereocenters. The number of aryl methyl sites for hydroxylation is 2. The summed E-state index contributed by atoms with van der Waals surface area (Å²) in [4.78, 5) is 11.0. The fourth-order valence-electron chi connectivity index (χ4n) is 1.39. The molecule has 2 aromatic rings. The maximum atomic E-state index is 5.69. The molecule has 0 spiro atoms. The summed E-state index contributed by atoms with van der Waals surface area (Å²) in [7, 11) is 0. The van der Waals surface area contributed by atoms with Gasteiger partial charge in [-0.2, -0.15) is 0 Å². The second-order valence-corrected chi connectivity index (χ2v) is 4.55. The Kier molecular flexibility index (Phi) is 2.68. The molecule has 0 bridgehead atoms. The molecule has 2 aromatic heterocycles. The molecule has 3 nitrogen and oxygen atoms in total. The molecule has 0 aromatic carbocycles. The Labute approximate surface area is 93.0 Å². The van der Waals surface area contributed by atoms with Crippen LogP contribution in [0.25, 0.3) is 10.7 Å². The number of aromatic nitrogens is 2. The van der Waals surface area contributed by atoms with E-state index in [4.69, 9.17) is 5.73 Å². The van der Waals surface area contributed by atoms with Gasteiger partial charge in [-0.15, -0.1) is 11.3 Å². The maximum absolute atomic E-state index is 5.69. The van der Waals surface area contributed by atoms with Gasteiger partial charge >= 0.3 is 0 Å². The molecule has 0 aliphatic rings. The maximum Gasteiger partial charge on any atom is 0.171 e. The summed E-state index contributed by atoms with van der Waals surface area (Å²) >= 11 is 1.72. The monoisotopic (exact) mass is 219 g/mol. The molecule has 0 fully saturated rings. The minimum Gasteiger partial charge on any atom is -0.384 e. The minimum absolute atomic E-state index is 0.531. The molecule has 0 aliphatic carbocycles. The van der Waals surface area contributed by atoms with Crippen LogP contribution in [0.3, 0.4) is 0 Å². The van der Waals surface area contributed by atoms with E-state index in [-0.39, 0.29) is 0 Å². The van der Waals surface area contributed by atoms with Crippen LogP contribution in [0.2, 0.25) is 0 Å². The van der Waals surface area contributed by atoms with Crippen LogP contribution in [0.4, 0.5) is 5.82 Å². The van der Waals surface area contributed by atoms with Crippen molar-refractivity contribution in [1.82, 2.24) is 9.97 Å². The predicted molar refractivity (Wildman–Crippen MR) is 63.9 cm³/mol. The second kappa shape index (κ2) is 3.98. The molecule has 78 valence electrons. The summed E-state index contributed by atoms with van der Waals surface area (Å²) in [6, 6.07) is 5.94. The number of nitrogens with zero attached hydrogens (tertiary/aromatic N) is 2. The highest BCUT2D eigenvalue weighted by molar-refractivity contribution is 7.15. The first-order valence-electron chi connectivity index (χ1n) is 4.89. The van der Waals surface area contributed by atoms with E-state index in [1.54, 1.807) is 17.4 Å². The van der Waals surface area contributed by atoms with Crippen LogP contribution in [0, 0.1) is 6.92 Å². The van der Waals surface area contributed by atoms with Crippen molar-refractivity contribution in [3.63, 3.8) is 0 Å². The molecule has 4 heteroatoms. The van der Waals surface area contributed by atoms with Crippen molar-refractivity contribution in [3.8, 4) is 10.7 Å². The van der Waals surface area contributed by atoms with Crippen molar-refractivity contribution in [3.05, 3.63) is 28.8 Å². The zero-order valence-corrected chi connectivity index (χ0v) is 9.64. The van der Waals surface area contributed by atoms with E-state index in [1.807, 2.05) is 6.92 Å². The van der Waals surface area contributed by atoms with E-state index in [2.05, 4.69) is 29.0 Å². The van der Waals surface area contributed by atoms with Crippen LogP contribution in [-0.4, -0.2) is 9.97 Å². The van der Waals surface area contributed by atoms with Crippen LogP contribution in [0.5, 0.6) is 0 Å². The Morgan fingerprint density at radius 2 is 2.13 bits per heavy atom. The Morgan fingerprint density at radius 3 is 2.73 bits per heavy atom. The molecule has 2 N–H and O–H groups in total. The summed E-state index contributed by atoms with van der Waals surface area (Å²) < 4.78 is 0. The smallest absolute Gasteiger partial charge is 0.171 e. The predicted octanol–water partition coefficient (Wildman–Crippen LogP) is 2.66. The minimum atomic E-state index is 0.531. The van der Waals surface area contributed by atoms with Crippen LogP contribution >= 0.6 is 11.3 Å². The van der Waals surface area contributed by atoms with Gasteiger partial charge in [-0.25, -0.2) is 9.97 Å². The lowest BCUT2D eigenvalue weighted by Crippen LogP contribution is -1.96. The van der Waals surface area contributed by atoms with Gasteiger partial charge in [0.1, 0.15) is 5.82 Å². The second-order valence-electron chi connectivity index (χ2n) is 3.38. The summed E-state index contributed by atoms with van der Waals surface area (Å²) in [5.41, 5.74) is 6.60. The molecular weight excluding hydrogens is 206 g/mol. The zero-order valence-electron chi connectivity index (χ0n) is 8.82. The van der Waals surface area contributed by atoms with E-state index in [9.17, 15) is 0 Å². The topological polar surface area (TPSA) is 51.8 Å². The number of hydrogen-bond acceptors (Lipinski definition) is 4. The van der Waals surface area contributed by atoms with Crippen molar-refractivity contribution >= 4 is 17.2 Å². The lowest BCUT2D eigenvalue weighted by molar-refractivity contribution is 1.13. The molecule has 0 radical (unpaired) electrons. The third kappa shape index (κ3) is 2.15. The third-order valence-electron chi connectivity index (χ3n) is 2.10. The van der Waals surface area contributed by atoms with Crippen molar-refractivity contribution < 1.29 is 0 Å². The first-order chi connectivity index (χ1) is 7.19. The Balaban J connectivity index is 2.44. The summed E-state index contributed by atoms with van der Waals surface area (Å²) in [6.07, 6.45) is 1.05. The summed E-state index contributed by atoms with van der Waals surface area (Å²) in [5, 5.41) is 0. The highest BCUT2D eigenvalue weighted by Gasteiger charge is 2.06. The quantitative estimate of drug-likeness (QED) is 0.844. The SMILES string of the molecule is CCc1ccc(-c2nc(C)cc(N)n2)s1. The van der Waals surface area contributed by atoms with Gasteiger partial charge in [-0.05, 0) is 25.5 Å². The average Bonchev–Trinajstić information content (AvgIpc) is 2.64. The van der Waals surface area contributed by atoms with Gasteiger partial charge in [-0.3, -0.25) is 0 Å². The lowest BCUT2D eigenvalue weighted by atomic mass is 10.3. The first-order valence-corrected chi connectivity index (χ1v) is 5.71. The molecular formula is C11H13N3S. The number of rotatable bonds is 2. The van der Waals surface area contributed by atoms with E-state index in [0.29, 0.717) is 5.82 Å². The number of nitrogens with two attached hydrogens (primary N) is 1. The largest absolute Gasteiger partial charge is 0.384 e. The van der Waals surface area contributed by atoms with Crippen LogP contribution in [-0.2, 0) is 6.42 Å². The van der Waals surface area contributed by atoms with Gasteiger partial charge in [0.15, 0.2) is 5.82 Å². The Morgan fingerprint density at radius 1 is 1.33 bits per heavy atom. The molecule has 0 unspecified atom stereocenters. The Bertz CT molecular complexity index is 456. The highest BCUT2D eigenvalue weighted by atomic mass is 32.1. The van der Waals surface area contributed by atoms with E-state index < -0.39 is 0 Å². The van der Waals surface area contributed by atoms with Crippen LogP contribution in [0.15, 0.2) is 18.2 Å². The molecule has 2 heterocycles. The number of nitrogen functional groups attached to an aromatic ring is 1. The zero-order chi connectivity index (χ0) is 10.8. The first kappa shape index (κ1) is 10.1. The third-order valence-corrected chi connectivity index (χ3v) is 3.33. The number of hydrogen-bond donors (Lipinski definition) is 1. The molecule has 0 saturated carbocycles. The van der Waals surface area contributed by atoms with E-state index in [0.717, 1.165) is 22.8 Å². The summed E-state index contributed by atoms with van der Waals surface area (Å²) in [5.74, 6) is 1.26. The molecule has 0 aliphatic heterocycles. The fraction of sp³-hybridized carbons (Fsp3) is 0.273. The standard InChI is InChI=1S/C11H13N3S/c1-3-8-4-5-9(15-8)11-13-7(2)6-10(12)14-11/h4-6H,3H2,1-2H3,(H2,12,13,14). The molecule has 2 rings (SSSR count). The van der Waals surface area contributed by atoms with Gasteiger partial charge in [0.05, 0.1) is 4.88 Å². The van der Waals surface area contributed by atoms with Gasteiger partial charge < -0.3 is 5.73 Å². The summed E-state index contributed by atoms with van der Waals surface area (Å²) in [6.45, 7) is 4.07. The highest BCUT2D eigenvalue weighted by Crippen LogP contribution is 2.26.